The van der Waals surface area contributed by atoms with Crippen molar-refractivity contribution in [2.24, 2.45) is 0 Å². The number of hydrogen-bond donors (Lipinski definition) is 0. The highest BCUT2D eigenvalue weighted by molar-refractivity contribution is 5.81. The Bertz CT molecular complexity index is 917. The molecule has 0 unspecified atom stereocenters. The average molecular weight is 402 g/mol. The first-order chi connectivity index (χ1) is 13.9. The van der Waals surface area contributed by atoms with Crippen LogP contribution in [0.4, 0.5) is 0 Å². The van der Waals surface area contributed by atoms with Gasteiger partial charge in [-0.05, 0) is 39.4 Å². The lowest BCUT2D eigenvalue weighted by Crippen LogP contribution is -2.44. The van der Waals surface area contributed by atoms with E-state index < -0.39 is 0 Å². The molecule has 1 aliphatic heterocycles. The van der Waals surface area contributed by atoms with Gasteiger partial charge in [-0.15, -0.1) is 0 Å². The number of aryl methyl sites for hydroxylation is 1. The molecule has 0 radical (unpaired) electrons. The summed E-state index contributed by atoms with van der Waals surface area (Å²) < 4.78 is 12.1. The average Bonchev–Trinajstić information content (AvgIpc) is 2.74. The molecule has 158 valence electrons. The predicted octanol–water partition coefficient (Wildman–Crippen LogP) is 1.75. The van der Waals surface area contributed by atoms with Crippen molar-refractivity contribution < 1.29 is 14.3 Å². The number of aromatic nitrogens is 2. The molecule has 1 aliphatic rings. The molecule has 1 aromatic carbocycles. The highest BCUT2D eigenvalue weighted by Crippen LogP contribution is 2.29. The van der Waals surface area contributed by atoms with Crippen molar-refractivity contribution >= 4 is 16.8 Å². The third-order valence-corrected chi connectivity index (χ3v) is 5.67. The number of carbonyl (C=O) groups excluding carboxylic acids is 1. The van der Waals surface area contributed by atoms with Gasteiger partial charge in [0.2, 0.25) is 5.91 Å². The largest absolute Gasteiger partial charge is 0.493 e. The topological polar surface area (TPSA) is 76.9 Å². The van der Waals surface area contributed by atoms with Gasteiger partial charge >= 0.3 is 0 Å². The molecule has 2 heterocycles. The number of ether oxygens (including phenoxy) is 2. The van der Waals surface area contributed by atoms with Crippen LogP contribution in [0.25, 0.3) is 10.9 Å². The molecule has 2 aromatic rings. The van der Waals surface area contributed by atoms with E-state index >= 15 is 0 Å². The summed E-state index contributed by atoms with van der Waals surface area (Å²) in [6.07, 6.45) is 4.59. The van der Waals surface area contributed by atoms with Gasteiger partial charge in [-0.2, -0.15) is 0 Å². The van der Waals surface area contributed by atoms with Crippen molar-refractivity contribution in [2.75, 3.05) is 41.4 Å². The van der Waals surface area contributed by atoms with Crippen molar-refractivity contribution in [2.45, 2.75) is 38.3 Å². The number of hydrogen-bond acceptors (Lipinski definition) is 6. The fourth-order valence-electron chi connectivity index (χ4n) is 3.84. The number of amides is 1. The molecular formula is C21H30N4O4. The Morgan fingerprint density at radius 2 is 1.83 bits per heavy atom. The smallest absolute Gasteiger partial charge is 0.261 e. The van der Waals surface area contributed by atoms with Crippen LogP contribution in [-0.4, -0.2) is 72.7 Å². The highest BCUT2D eigenvalue weighted by Gasteiger charge is 2.23. The van der Waals surface area contributed by atoms with Gasteiger partial charge in [0.25, 0.3) is 5.56 Å². The molecule has 0 aliphatic carbocycles. The number of likely N-dealkylation sites (tertiary alicyclic amines) is 1. The van der Waals surface area contributed by atoms with Crippen LogP contribution < -0.4 is 15.0 Å². The molecule has 29 heavy (non-hydrogen) atoms. The molecule has 0 bridgehead atoms. The molecule has 0 saturated carbocycles. The van der Waals surface area contributed by atoms with Gasteiger partial charge in [-0.25, -0.2) is 4.98 Å². The van der Waals surface area contributed by atoms with Crippen LogP contribution in [0.5, 0.6) is 11.5 Å². The van der Waals surface area contributed by atoms with E-state index in [1.54, 1.807) is 23.8 Å². The van der Waals surface area contributed by atoms with Gasteiger partial charge in [0.15, 0.2) is 11.5 Å². The van der Waals surface area contributed by atoms with Crippen LogP contribution in [0.1, 0.15) is 25.7 Å². The number of piperidine rings is 1. The van der Waals surface area contributed by atoms with E-state index in [9.17, 15) is 9.59 Å². The standard InChI is InChI=1S/C21H30N4O4/c1-23(2)15-7-10-24(11-8-15)20(26)6-5-9-25-14-22-17-13-19(29-4)18(28-3)12-16(17)21(25)27/h12-15H,5-11H2,1-4H3. The van der Waals surface area contributed by atoms with Crippen molar-refractivity contribution in [1.82, 2.24) is 19.4 Å². The first kappa shape index (κ1) is 21.1. The van der Waals surface area contributed by atoms with Crippen molar-refractivity contribution in [3.8, 4) is 11.5 Å². The molecule has 0 spiro atoms. The van der Waals surface area contributed by atoms with Crippen molar-refractivity contribution in [1.29, 1.82) is 0 Å². The highest BCUT2D eigenvalue weighted by atomic mass is 16.5. The Hall–Kier alpha value is -2.61. The summed E-state index contributed by atoms with van der Waals surface area (Å²) >= 11 is 0. The molecule has 1 aromatic heterocycles. The first-order valence-corrected chi connectivity index (χ1v) is 10.00. The maximum absolute atomic E-state index is 12.8. The third-order valence-electron chi connectivity index (χ3n) is 5.67. The van der Waals surface area contributed by atoms with Crippen molar-refractivity contribution in [3.05, 3.63) is 28.8 Å². The van der Waals surface area contributed by atoms with Gasteiger partial charge in [0.05, 0.1) is 31.4 Å². The quantitative estimate of drug-likeness (QED) is 0.702. The minimum atomic E-state index is -0.143. The van der Waals surface area contributed by atoms with Crippen LogP contribution in [-0.2, 0) is 11.3 Å². The van der Waals surface area contributed by atoms with E-state index in [0.717, 1.165) is 25.9 Å². The van der Waals surface area contributed by atoms with Crippen LogP contribution in [0.2, 0.25) is 0 Å². The Morgan fingerprint density at radius 1 is 1.17 bits per heavy atom. The van der Waals surface area contributed by atoms with Crippen LogP contribution in [0.15, 0.2) is 23.3 Å². The fraction of sp³-hybridized carbons (Fsp3) is 0.571. The van der Waals surface area contributed by atoms with Gasteiger partial charge in [0.1, 0.15) is 0 Å². The van der Waals surface area contributed by atoms with Gasteiger partial charge < -0.3 is 19.3 Å². The zero-order chi connectivity index (χ0) is 21.0. The van der Waals surface area contributed by atoms with Gasteiger partial charge in [-0.1, -0.05) is 0 Å². The lowest BCUT2D eigenvalue weighted by atomic mass is 10.0. The summed E-state index contributed by atoms with van der Waals surface area (Å²) in [6.45, 7) is 2.07. The van der Waals surface area contributed by atoms with Crippen LogP contribution in [0, 0.1) is 0 Å². The summed E-state index contributed by atoms with van der Waals surface area (Å²) in [5, 5.41) is 0.474. The zero-order valence-corrected chi connectivity index (χ0v) is 17.7. The lowest BCUT2D eigenvalue weighted by molar-refractivity contribution is -0.132. The molecule has 8 heteroatoms. The van der Waals surface area contributed by atoms with E-state index in [1.165, 1.54) is 13.4 Å². The lowest BCUT2D eigenvalue weighted by Gasteiger charge is -2.35. The fourth-order valence-corrected chi connectivity index (χ4v) is 3.84. The van der Waals surface area contributed by atoms with Crippen molar-refractivity contribution in [3.63, 3.8) is 0 Å². The molecule has 0 atom stereocenters. The Kier molecular flexibility index (Phi) is 6.74. The first-order valence-electron chi connectivity index (χ1n) is 10.00. The van der Waals surface area contributed by atoms with E-state index in [-0.39, 0.29) is 11.5 Å². The van der Waals surface area contributed by atoms with E-state index in [2.05, 4.69) is 24.0 Å². The molecule has 3 rings (SSSR count). The number of methoxy groups -OCH3 is 2. The van der Waals surface area contributed by atoms with Crippen LogP contribution >= 0.6 is 0 Å². The minimum absolute atomic E-state index is 0.143. The number of nitrogens with zero attached hydrogens (tertiary/aromatic N) is 4. The number of benzene rings is 1. The summed E-state index contributed by atoms with van der Waals surface area (Å²) in [5.41, 5.74) is 0.416. The third kappa shape index (κ3) is 4.70. The summed E-state index contributed by atoms with van der Waals surface area (Å²) in [4.78, 5) is 33.8. The SMILES string of the molecule is COc1cc2ncn(CCCC(=O)N3CCC(N(C)C)CC3)c(=O)c2cc1OC. The monoisotopic (exact) mass is 402 g/mol. The van der Waals surface area contributed by atoms with Gasteiger partial charge in [0, 0.05) is 38.2 Å². The molecular weight excluding hydrogens is 372 g/mol. The second-order valence-corrected chi connectivity index (χ2v) is 7.65. The van der Waals surface area contributed by atoms with E-state index in [0.29, 0.717) is 47.8 Å². The second-order valence-electron chi connectivity index (χ2n) is 7.65. The Labute approximate surface area is 171 Å². The molecule has 1 fully saturated rings. The second kappa shape index (κ2) is 9.26. The zero-order valence-electron chi connectivity index (χ0n) is 17.7. The molecule has 1 saturated heterocycles. The Morgan fingerprint density at radius 3 is 2.45 bits per heavy atom. The molecule has 8 nitrogen and oxygen atoms in total. The maximum atomic E-state index is 12.8. The van der Waals surface area contributed by atoms with Gasteiger partial charge in [-0.3, -0.25) is 14.2 Å². The number of fused-ring (bicyclic) bond motifs is 1. The number of carbonyl (C=O) groups is 1. The predicted molar refractivity (Wildman–Crippen MR) is 112 cm³/mol. The molecule has 1 amide bonds. The maximum Gasteiger partial charge on any atom is 0.261 e. The van der Waals surface area contributed by atoms with Crippen LogP contribution in [0.3, 0.4) is 0 Å². The number of rotatable bonds is 7. The van der Waals surface area contributed by atoms with E-state index in [1.807, 2.05) is 4.90 Å². The summed E-state index contributed by atoms with van der Waals surface area (Å²) in [7, 11) is 7.25. The normalized spacial score (nSPS) is 15.1. The summed E-state index contributed by atoms with van der Waals surface area (Å²) in [5.74, 6) is 1.19. The molecule has 0 N–H and O–H groups in total. The minimum Gasteiger partial charge on any atom is -0.493 e. The summed E-state index contributed by atoms with van der Waals surface area (Å²) in [6, 6.07) is 3.90. The Balaban J connectivity index is 1.61. The van der Waals surface area contributed by atoms with E-state index in [4.69, 9.17) is 9.47 Å².